The Morgan fingerprint density at radius 1 is 1.67 bits per heavy atom. The van der Waals surface area contributed by atoms with E-state index in [-0.39, 0.29) is 12.4 Å². The molecule has 1 atom stereocenters. The van der Waals surface area contributed by atoms with Crippen molar-refractivity contribution in [2.75, 3.05) is 0 Å². The van der Waals surface area contributed by atoms with Gasteiger partial charge in [0.15, 0.2) is 0 Å². The molecule has 0 fully saturated rings. The van der Waals surface area contributed by atoms with E-state index in [0.717, 1.165) is 4.05 Å². The van der Waals surface area contributed by atoms with Crippen molar-refractivity contribution < 1.29 is 12.4 Å². The third kappa shape index (κ3) is 1.50. The minimum absolute atomic E-state index is 0. The molecule has 0 radical (unpaired) electrons. The molecule has 0 aromatic rings. The van der Waals surface area contributed by atoms with Gasteiger partial charge in [0.05, 0.1) is 0 Å². The van der Waals surface area contributed by atoms with Gasteiger partial charge in [-0.15, -0.1) is 0 Å². The number of allylic oxidation sites excluding steroid dienone is 2. The molecular weight excluding hydrogens is 108 g/mol. The Hall–Kier alpha value is 0.796. The van der Waals surface area contributed by atoms with Crippen LogP contribution in [0.25, 0.3) is 0 Å². The topological polar surface area (TPSA) is 0 Å². The molecular formula is C4H5ClMg. The van der Waals surface area contributed by atoms with E-state index >= 15 is 0 Å². The summed E-state index contributed by atoms with van der Waals surface area (Å²) in [6.07, 6.45) is 5.76. The number of rotatable bonds is 0. The Bertz CT molecular complexity index is 60.6. The monoisotopic (exact) mass is 112 g/mol. The average Bonchev–Trinajstić information content (AvgIpc) is 1.30. The molecule has 0 spiro atoms. The van der Waals surface area contributed by atoms with Gasteiger partial charge in [-0.3, -0.25) is 0 Å². The summed E-state index contributed by atoms with van der Waals surface area (Å²) in [5.74, 6) is 0. The van der Waals surface area contributed by atoms with Crippen molar-refractivity contribution in [2.24, 2.45) is 0 Å². The molecule has 0 aromatic heterocycles. The zero-order chi connectivity index (χ0) is 3.70. The quantitative estimate of drug-likeness (QED) is 0.249. The second-order valence-electron chi connectivity index (χ2n) is 1.42. The molecule has 0 aromatic carbocycles. The first-order valence-corrected chi connectivity index (χ1v) is 2.71. The zero-order valence-corrected chi connectivity index (χ0v) is 5.69. The second-order valence-corrected chi connectivity index (χ2v) is 2.47. The fourth-order valence-electron chi connectivity index (χ4n) is 0.329. The van der Waals surface area contributed by atoms with Crippen LogP contribution in [0.1, 0.15) is 6.42 Å². The third-order valence-corrected chi connectivity index (χ3v) is 1.45. The molecule has 0 amide bonds. The summed E-state index contributed by atoms with van der Waals surface area (Å²) in [4.78, 5) is 0. The van der Waals surface area contributed by atoms with Crippen LogP contribution in [-0.4, -0.2) is 21.7 Å². The fraction of sp³-hybridized carbons (Fsp3) is 0.500. The van der Waals surface area contributed by atoms with Crippen molar-refractivity contribution in [1.29, 1.82) is 0 Å². The normalized spacial score (nSPS) is 28.0. The van der Waals surface area contributed by atoms with E-state index in [1.165, 1.54) is 6.42 Å². The van der Waals surface area contributed by atoms with Gasteiger partial charge >= 0.3 is 44.3 Å². The maximum atomic E-state index is 2.23. The van der Waals surface area contributed by atoms with Crippen LogP contribution in [-0.2, 0) is 0 Å². The Kier molecular flexibility index (Phi) is 3.27. The van der Waals surface area contributed by atoms with Crippen LogP contribution in [0.2, 0.25) is 4.05 Å². The zero-order valence-electron chi connectivity index (χ0n) is 3.52. The van der Waals surface area contributed by atoms with Crippen molar-refractivity contribution >= 4 is 21.7 Å². The molecule has 1 aliphatic carbocycles. The summed E-state index contributed by atoms with van der Waals surface area (Å²) in [7, 11) is 0. The van der Waals surface area contributed by atoms with Gasteiger partial charge in [-0.2, -0.15) is 0 Å². The Balaban J connectivity index is 0.000000250. The predicted molar refractivity (Wildman–Crippen MR) is 23.3 cm³/mol. The van der Waals surface area contributed by atoms with Crippen LogP contribution in [0.5, 0.6) is 0 Å². The van der Waals surface area contributed by atoms with E-state index in [9.17, 15) is 0 Å². The van der Waals surface area contributed by atoms with Crippen molar-refractivity contribution in [1.82, 2.24) is 0 Å². The summed E-state index contributed by atoms with van der Waals surface area (Å²) in [5, 5.41) is 0. The van der Waals surface area contributed by atoms with Gasteiger partial charge < -0.3 is 12.4 Å². The number of halogens is 1. The van der Waals surface area contributed by atoms with Crippen LogP contribution in [0.15, 0.2) is 12.2 Å². The molecule has 0 bridgehead atoms. The van der Waals surface area contributed by atoms with E-state index in [0.29, 0.717) is 0 Å². The van der Waals surface area contributed by atoms with Crippen molar-refractivity contribution in [3.63, 3.8) is 0 Å². The standard InChI is InChI=1S/C4H5.ClH.Mg/c1-2-4-3-1;;/h1-3H,4H2;1H;/q;;+1/p-1. The summed E-state index contributed by atoms with van der Waals surface area (Å²) in [6.45, 7) is 0. The fourth-order valence-corrected chi connectivity index (χ4v) is 0.713. The first-order valence-electron chi connectivity index (χ1n) is 1.89. The summed E-state index contributed by atoms with van der Waals surface area (Å²) in [6, 6.07) is 0. The van der Waals surface area contributed by atoms with Crippen molar-refractivity contribution in [2.45, 2.75) is 10.5 Å². The number of hydrogen-bond acceptors (Lipinski definition) is 0. The predicted octanol–water partition coefficient (Wildman–Crippen LogP) is -2.09. The molecule has 0 heterocycles. The van der Waals surface area contributed by atoms with Crippen molar-refractivity contribution in [3.8, 4) is 0 Å². The first-order chi connectivity index (χ1) is 2.39. The Labute approximate surface area is 56.8 Å². The van der Waals surface area contributed by atoms with Crippen LogP contribution >= 0.6 is 0 Å². The molecule has 1 rings (SSSR count). The Morgan fingerprint density at radius 2 is 2.00 bits per heavy atom. The van der Waals surface area contributed by atoms with Crippen LogP contribution < -0.4 is 12.4 Å². The molecule has 1 unspecified atom stereocenters. The summed E-state index contributed by atoms with van der Waals surface area (Å²) in [5.41, 5.74) is 0. The first kappa shape index (κ1) is 6.80. The summed E-state index contributed by atoms with van der Waals surface area (Å²) >= 11 is 2.05. The van der Waals surface area contributed by atoms with E-state index in [2.05, 4.69) is 33.9 Å². The molecule has 30 valence electrons. The van der Waals surface area contributed by atoms with E-state index in [1.807, 2.05) is 0 Å². The van der Waals surface area contributed by atoms with Crippen LogP contribution in [0.4, 0.5) is 0 Å². The van der Waals surface area contributed by atoms with Crippen LogP contribution in [0, 0.1) is 0 Å². The van der Waals surface area contributed by atoms with Crippen molar-refractivity contribution in [3.05, 3.63) is 12.2 Å². The van der Waals surface area contributed by atoms with Gasteiger partial charge in [-0.05, 0) is 0 Å². The molecule has 0 nitrogen and oxygen atoms in total. The molecule has 0 saturated carbocycles. The average molecular weight is 113 g/mol. The van der Waals surface area contributed by atoms with Gasteiger partial charge in [-0.25, -0.2) is 0 Å². The number of hydrogen-bond donors (Lipinski definition) is 0. The SMILES string of the molecule is [Cl-].[Mg+][CH]1C=CC1. The van der Waals surface area contributed by atoms with Gasteiger partial charge in [0.2, 0.25) is 0 Å². The van der Waals surface area contributed by atoms with Gasteiger partial charge in [-0.1, -0.05) is 0 Å². The third-order valence-electron chi connectivity index (χ3n) is 0.847. The van der Waals surface area contributed by atoms with Gasteiger partial charge in [0, 0.05) is 0 Å². The van der Waals surface area contributed by atoms with Gasteiger partial charge in [0.1, 0.15) is 0 Å². The van der Waals surface area contributed by atoms with Crippen LogP contribution in [0.3, 0.4) is 0 Å². The summed E-state index contributed by atoms with van der Waals surface area (Å²) < 4.78 is 0.912. The molecule has 0 N–H and O–H groups in total. The van der Waals surface area contributed by atoms with E-state index in [4.69, 9.17) is 0 Å². The van der Waals surface area contributed by atoms with Gasteiger partial charge in [0.25, 0.3) is 0 Å². The second kappa shape index (κ2) is 2.89. The van der Waals surface area contributed by atoms with E-state index < -0.39 is 0 Å². The maximum absolute atomic E-state index is 2.23. The molecule has 2 heteroatoms. The molecule has 0 saturated heterocycles. The molecule has 0 aliphatic heterocycles. The van der Waals surface area contributed by atoms with E-state index in [1.54, 1.807) is 0 Å². The molecule has 6 heavy (non-hydrogen) atoms. The minimum atomic E-state index is 0. The Morgan fingerprint density at radius 3 is 2.00 bits per heavy atom. The molecule has 1 aliphatic rings.